The number of hydrogen-bond acceptors (Lipinski definition) is 5. The average Bonchev–Trinajstić information content (AvgIpc) is 3.36. The number of aromatic hydroxyl groups is 1. The van der Waals surface area contributed by atoms with Gasteiger partial charge < -0.3 is 14.9 Å². The predicted molar refractivity (Wildman–Crippen MR) is 166 cm³/mol. The maximum absolute atomic E-state index is 13.9. The summed E-state index contributed by atoms with van der Waals surface area (Å²) in [4.78, 5) is 0. The van der Waals surface area contributed by atoms with E-state index in [0.717, 1.165) is 32.1 Å². The lowest BCUT2D eigenvalue weighted by atomic mass is 9.51. The van der Waals surface area contributed by atoms with Gasteiger partial charge in [0, 0.05) is 5.56 Å². The summed E-state index contributed by atoms with van der Waals surface area (Å²) in [5.41, 5.74) is 2.16. The molecule has 0 radical (unpaired) electrons. The van der Waals surface area contributed by atoms with Crippen molar-refractivity contribution in [3.05, 3.63) is 93.8 Å². The average molecular weight is 679 g/mol. The van der Waals surface area contributed by atoms with E-state index in [-0.39, 0.29) is 29.6 Å². The van der Waals surface area contributed by atoms with Crippen LogP contribution in [0.2, 0.25) is 0 Å². The van der Waals surface area contributed by atoms with Gasteiger partial charge in [-0.1, -0.05) is 25.1 Å². The fourth-order valence-electron chi connectivity index (χ4n) is 8.66. The summed E-state index contributed by atoms with van der Waals surface area (Å²) in [7, 11) is -4.13. The van der Waals surface area contributed by atoms with Gasteiger partial charge in [-0.25, -0.2) is 30.4 Å². The van der Waals surface area contributed by atoms with Crippen LogP contribution >= 0.6 is 0 Å². The van der Waals surface area contributed by atoms with Gasteiger partial charge in [-0.15, -0.1) is 0 Å². The summed E-state index contributed by atoms with van der Waals surface area (Å²) in [6.07, 6.45) is 5.39. The van der Waals surface area contributed by atoms with Crippen LogP contribution in [0.25, 0.3) is 0 Å². The Balaban J connectivity index is 1.05. The second kappa shape index (κ2) is 13.0. The molecular weight excluding hydrogens is 639 g/mol. The van der Waals surface area contributed by atoms with Crippen molar-refractivity contribution >= 4 is 9.84 Å². The quantitative estimate of drug-likeness (QED) is 0.0988. The molecule has 47 heavy (non-hydrogen) atoms. The normalized spacial score (nSPS) is 26.8. The van der Waals surface area contributed by atoms with Crippen molar-refractivity contribution in [2.75, 3.05) is 12.4 Å². The lowest BCUT2D eigenvalue weighted by molar-refractivity contribution is -0.0323. The maximum Gasteiger partial charge on any atom is 0.200 e. The van der Waals surface area contributed by atoms with Crippen LogP contribution in [0.4, 0.5) is 22.0 Å². The van der Waals surface area contributed by atoms with E-state index in [2.05, 4.69) is 25.1 Å². The van der Waals surface area contributed by atoms with Crippen molar-refractivity contribution < 1.29 is 45.3 Å². The molecule has 11 heteroatoms. The Morgan fingerprint density at radius 1 is 0.872 bits per heavy atom. The minimum absolute atomic E-state index is 0.134. The minimum Gasteiger partial charge on any atom is -0.508 e. The Morgan fingerprint density at radius 3 is 2.26 bits per heavy atom. The number of hydrogen-bond donors (Lipinski definition) is 2. The highest BCUT2D eigenvalue weighted by molar-refractivity contribution is 7.90. The number of aliphatic hydroxyl groups excluding tert-OH is 1. The number of halogens is 5. The van der Waals surface area contributed by atoms with E-state index in [0.29, 0.717) is 43.0 Å². The smallest absolute Gasteiger partial charge is 0.200 e. The monoisotopic (exact) mass is 678 g/mol. The zero-order chi connectivity index (χ0) is 33.7. The van der Waals surface area contributed by atoms with Gasteiger partial charge in [0.2, 0.25) is 5.82 Å². The first-order valence-corrected chi connectivity index (χ1v) is 18.1. The number of phenols is 1. The molecule has 0 aliphatic heterocycles. The second-order valence-electron chi connectivity index (χ2n) is 13.7. The molecule has 0 spiro atoms. The Hall–Kier alpha value is -3.18. The van der Waals surface area contributed by atoms with Gasteiger partial charge >= 0.3 is 0 Å². The molecule has 2 N–H and O–H groups in total. The van der Waals surface area contributed by atoms with Crippen molar-refractivity contribution in [1.82, 2.24) is 0 Å². The molecule has 2 fully saturated rings. The zero-order valence-electron chi connectivity index (χ0n) is 26.1. The number of ether oxygens (including phenoxy) is 1. The van der Waals surface area contributed by atoms with E-state index in [9.17, 15) is 40.6 Å². The van der Waals surface area contributed by atoms with Crippen LogP contribution in [0.3, 0.4) is 0 Å². The summed E-state index contributed by atoms with van der Waals surface area (Å²) >= 11 is 0. The van der Waals surface area contributed by atoms with E-state index >= 15 is 0 Å². The van der Waals surface area contributed by atoms with Gasteiger partial charge in [-0.05, 0) is 121 Å². The Labute approximate surface area is 271 Å². The SMILES string of the molecule is C[C@]12C[C@H](c3ccc(OCCCCCS(=O)(=O)Cc4c(F)c(F)c(F)c(F)c4F)cc3)[C@@H]3c4ccc(O)cc4CC[C@H]3[C@@H]1CC[C@@H]2O. The molecule has 3 aromatic rings. The molecule has 3 aliphatic rings. The molecule has 254 valence electrons. The Bertz CT molecular complexity index is 1720. The van der Waals surface area contributed by atoms with Crippen LogP contribution in [0.5, 0.6) is 11.5 Å². The topological polar surface area (TPSA) is 83.8 Å². The molecule has 0 aromatic heterocycles. The van der Waals surface area contributed by atoms with E-state index in [4.69, 9.17) is 4.74 Å². The minimum atomic E-state index is -4.13. The lowest BCUT2D eigenvalue weighted by Gasteiger charge is -2.54. The van der Waals surface area contributed by atoms with Crippen molar-refractivity contribution in [2.24, 2.45) is 17.3 Å². The molecule has 0 unspecified atom stereocenters. The third-order valence-electron chi connectivity index (χ3n) is 11.0. The zero-order valence-corrected chi connectivity index (χ0v) is 26.9. The summed E-state index contributed by atoms with van der Waals surface area (Å²) in [6.45, 7) is 2.54. The third kappa shape index (κ3) is 6.37. The fraction of sp³-hybridized carbons (Fsp3) is 0.500. The molecule has 0 amide bonds. The number of fused-ring (bicyclic) bond motifs is 5. The number of phenolic OH excluding ortho intramolecular Hbond substituents is 1. The molecule has 3 aromatic carbocycles. The van der Waals surface area contributed by atoms with Crippen LogP contribution in [0.15, 0.2) is 42.5 Å². The number of rotatable bonds is 10. The van der Waals surface area contributed by atoms with Crippen molar-refractivity contribution in [3.63, 3.8) is 0 Å². The van der Waals surface area contributed by atoms with Crippen molar-refractivity contribution in [1.29, 1.82) is 0 Å². The number of benzene rings is 3. The molecule has 0 saturated heterocycles. The molecule has 6 rings (SSSR count). The first kappa shape index (κ1) is 33.7. The first-order chi connectivity index (χ1) is 22.3. The molecule has 0 heterocycles. The number of sulfone groups is 1. The van der Waals surface area contributed by atoms with E-state index < -0.39 is 56.0 Å². The van der Waals surface area contributed by atoms with Crippen molar-refractivity contribution in [3.8, 4) is 11.5 Å². The predicted octanol–water partition coefficient (Wildman–Crippen LogP) is 7.86. The van der Waals surface area contributed by atoms with E-state index in [1.54, 1.807) is 6.07 Å². The standard InChI is InChI=1S/C36H39F5O5S/c1-36-18-26(30-24-12-8-22(42)17-21(24)7-11-25(30)28(36)13-14-29(36)43)20-5-9-23(10-6-20)46-15-3-2-4-16-47(44,45)19-27-31(37)33(39)35(41)34(40)32(27)38/h5-6,8-10,12,17,25-26,28-30,42-43H,2-4,7,11,13-16,18-19H2,1H3/t25-,26+,28-,29-,30+,36-/m0/s1. The van der Waals surface area contributed by atoms with Gasteiger partial charge in [-0.3, -0.25) is 0 Å². The Morgan fingerprint density at radius 2 is 1.55 bits per heavy atom. The maximum atomic E-state index is 13.9. The van der Waals surface area contributed by atoms with E-state index in [1.807, 2.05) is 18.2 Å². The largest absolute Gasteiger partial charge is 0.508 e. The van der Waals surface area contributed by atoms with Crippen LogP contribution in [0.1, 0.15) is 86.0 Å². The number of aliphatic hydroxyl groups is 1. The third-order valence-corrected chi connectivity index (χ3v) is 12.6. The van der Waals surface area contributed by atoms with Crippen LogP contribution in [0, 0.1) is 46.3 Å². The van der Waals surface area contributed by atoms with Gasteiger partial charge in [-0.2, -0.15) is 0 Å². The summed E-state index contributed by atoms with van der Waals surface area (Å²) in [6, 6.07) is 13.7. The van der Waals surface area contributed by atoms with Crippen molar-refractivity contribution in [2.45, 2.75) is 82.0 Å². The van der Waals surface area contributed by atoms with Crippen LogP contribution < -0.4 is 4.74 Å². The van der Waals surface area contributed by atoms with Gasteiger partial charge in [0.05, 0.1) is 24.2 Å². The highest BCUT2D eigenvalue weighted by atomic mass is 32.2. The number of aryl methyl sites for hydroxylation is 1. The lowest BCUT2D eigenvalue weighted by Crippen LogP contribution is -2.47. The number of unbranched alkanes of at least 4 members (excludes halogenated alkanes) is 2. The molecule has 0 bridgehead atoms. The van der Waals surface area contributed by atoms with Gasteiger partial charge in [0.1, 0.15) is 11.5 Å². The second-order valence-corrected chi connectivity index (χ2v) is 15.9. The molecular formula is C36H39F5O5S. The first-order valence-electron chi connectivity index (χ1n) is 16.2. The van der Waals surface area contributed by atoms with Gasteiger partial charge in [0.25, 0.3) is 0 Å². The van der Waals surface area contributed by atoms with Gasteiger partial charge in [0.15, 0.2) is 33.1 Å². The Kier molecular flexibility index (Phi) is 9.34. The fourth-order valence-corrected chi connectivity index (χ4v) is 10.1. The molecule has 2 saturated carbocycles. The van der Waals surface area contributed by atoms with E-state index in [1.165, 1.54) is 16.7 Å². The highest BCUT2D eigenvalue weighted by Crippen LogP contribution is 2.65. The summed E-state index contributed by atoms with van der Waals surface area (Å²) < 4.78 is 98.6. The highest BCUT2D eigenvalue weighted by Gasteiger charge is 2.57. The summed E-state index contributed by atoms with van der Waals surface area (Å²) in [5.74, 6) is -10.4. The van der Waals surface area contributed by atoms with Crippen LogP contribution in [-0.2, 0) is 22.0 Å². The molecule has 3 aliphatic carbocycles. The summed E-state index contributed by atoms with van der Waals surface area (Å²) in [5, 5.41) is 21.2. The molecule has 5 nitrogen and oxygen atoms in total. The molecule has 6 atom stereocenters. The van der Waals surface area contributed by atoms with Crippen LogP contribution in [-0.4, -0.2) is 37.1 Å².